The van der Waals surface area contributed by atoms with Crippen LogP contribution in [0.3, 0.4) is 0 Å². The summed E-state index contributed by atoms with van der Waals surface area (Å²) in [5.74, 6) is 2.73. The second-order valence-corrected chi connectivity index (χ2v) is 6.20. The monoisotopic (exact) mass is 243 g/mol. The van der Waals surface area contributed by atoms with Crippen molar-refractivity contribution in [3.8, 4) is 0 Å². The van der Waals surface area contributed by atoms with Crippen LogP contribution in [0.25, 0.3) is 0 Å². The molecule has 0 amide bonds. The Morgan fingerprint density at radius 1 is 1.25 bits per heavy atom. The van der Waals surface area contributed by atoms with Crippen LogP contribution in [0.15, 0.2) is 0 Å². The molecule has 0 bridgehead atoms. The Labute approximate surface area is 104 Å². The van der Waals surface area contributed by atoms with Gasteiger partial charge in [-0.15, -0.1) is 0 Å². The van der Waals surface area contributed by atoms with E-state index in [1.54, 1.807) is 0 Å². The second-order valence-electron chi connectivity index (χ2n) is 4.97. The van der Waals surface area contributed by atoms with Gasteiger partial charge in [0.15, 0.2) is 0 Å². The molecule has 2 fully saturated rings. The molecule has 3 heteroatoms. The molecular formula is C13H25NOS. The maximum Gasteiger partial charge on any atom is 0.0702 e. The van der Waals surface area contributed by atoms with Gasteiger partial charge in [-0.2, -0.15) is 11.8 Å². The van der Waals surface area contributed by atoms with Gasteiger partial charge in [-0.3, -0.25) is 4.90 Å². The second kappa shape index (κ2) is 6.87. The highest BCUT2D eigenvalue weighted by atomic mass is 32.2. The third kappa shape index (κ3) is 3.64. The average molecular weight is 243 g/mol. The number of hydrogen-bond donors (Lipinski definition) is 0. The zero-order valence-electron chi connectivity index (χ0n) is 10.5. The molecule has 0 saturated carbocycles. The number of rotatable bonds is 4. The van der Waals surface area contributed by atoms with Gasteiger partial charge in [-0.25, -0.2) is 0 Å². The molecule has 1 atom stereocenters. The maximum absolute atomic E-state index is 5.91. The van der Waals surface area contributed by atoms with Crippen LogP contribution in [0.1, 0.15) is 39.0 Å². The van der Waals surface area contributed by atoms with Crippen molar-refractivity contribution in [2.45, 2.75) is 51.2 Å². The fraction of sp³-hybridized carbons (Fsp3) is 1.00. The topological polar surface area (TPSA) is 12.5 Å². The molecule has 1 unspecified atom stereocenters. The van der Waals surface area contributed by atoms with Crippen LogP contribution < -0.4 is 0 Å². The summed E-state index contributed by atoms with van der Waals surface area (Å²) < 4.78 is 5.91. The highest BCUT2D eigenvalue weighted by Gasteiger charge is 2.27. The Morgan fingerprint density at radius 2 is 2.06 bits per heavy atom. The minimum Gasteiger partial charge on any atom is -0.377 e. The van der Waals surface area contributed by atoms with E-state index < -0.39 is 0 Å². The van der Waals surface area contributed by atoms with E-state index in [0.717, 1.165) is 19.1 Å². The highest BCUT2D eigenvalue weighted by molar-refractivity contribution is 7.99. The van der Waals surface area contributed by atoms with Crippen LogP contribution in [-0.2, 0) is 4.74 Å². The van der Waals surface area contributed by atoms with Gasteiger partial charge in [0.1, 0.15) is 0 Å². The van der Waals surface area contributed by atoms with E-state index in [4.69, 9.17) is 4.74 Å². The molecule has 0 aromatic heterocycles. The lowest BCUT2D eigenvalue weighted by Crippen LogP contribution is -2.46. The molecule has 0 aromatic carbocycles. The lowest BCUT2D eigenvalue weighted by Gasteiger charge is -2.39. The van der Waals surface area contributed by atoms with E-state index in [2.05, 4.69) is 23.6 Å². The van der Waals surface area contributed by atoms with Crippen molar-refractivity contribution < 1.29 is 4.74 Å². The Morgan fingerprint density at radius 3 is 2.81 bits per heavy atom. The highest BCUT2D eigenvalue weighted by Crippen LogP contribution is 2.25. The Hall–Kier alpha value is 0.270. The fourth-order valence-electron chi connectivity index (χ4n) is 2.77. The summed E-state index contributed by atoms with van der Waals surface area (Å²) in [4.78, 5) is 2.70. The Bertz CT molecular complexity index is 194. The van der Waals surface area contributed by atoms with Crippen molar-refractivity contribution in [2.24, 2.45) is 0 Å². The van der Waals surface area contributed by atoms with Crippen molar-refractivity contribution in [3.05, 3.63) is 0 Å². The van der Waals surface area contributed by atoms with Crippen molar-refractivity contribution in [2.75, 3.05) is 31.2 Å². The lowest BCUT2D eigenvalue weighted by atomic mass is 10.0. The summed E-state index contributed by atoms with van der Waals surface area (Å²) in [6.07, 6.45) is 7.06. The number of ether oxygens (including phenoxy) is 1. The van der Waals surface area contributed by atoms with Gasteiger partial charge in [0.2, 0.25) is 0 Å². The van der Waals surface area contributed by atoms with Crippen molar-refractivity contribution >= 4 is 11.8 Å². The van der Waals surface area contributed by atoms with Gasteiger partial charge >= 0.3 is 0 Å². The van der Waals surface area contributed by atoms with Crippen LogP contribution in [0.2, 0.25) is 0 Å². The van der Waals surface area contributed by atoms with Gasteiger partial charge in [-0.1, -0.05) is 6.92 Å². The maximum atomic E-state index is 5.91. The van der Waals surface area contributed by atoms with Crippen LogP contribution in [0.4, 0.5) is 0 Å². The van der Waals surface area contributed by atoms with Crippen LogP contribution >= 0.6 is 11.8 Å². The number of nitrogens with zero attached hydrogens (tertiary/aromatic N) is 1. The van der Waals surface area contributed by atoms with Gasteiger partial charge < -0.3 is 4.74 Å². The molecule has 94 valence electrons. The van der Waals surface area contributed by atoms with E-state index in [1.807, 2.05) is 0 Å². The van der Waals surface area contributed by atoms with E-state index >= 15 is 0 Å². The first-order valence-electron chi connectivity index (χ1n) is 6.83. The minimum absolute atomic E-state index is 0.517. The third-order valence-electron chi connectivity index (χ3n) is 3.67. The first-order valence-corrected chi connectivity index (χ1v) is 7.99. The molecule has 0 aliphatic carbocycles. The average Bonchev–Trinajstić information content (AvgIpc) is 2.38. The molecule has 0 radical (unpaired) electrons. The molecule has 2 rings (SSSR count). The zero-order valence-corrected chi connectivity index (χ0v) is 11.3. The van der Waals surface area contributed by atoms with Crippen molar-refractivity contribution in [3.63, 3.8) is 0 Å². The first kappa shape index (κ1) is 12.7. The Kier molecular flexibility index (Phi) is 5.46. The predicted molar refractivity (Wildman–Crippen MR) is 71.2 cm³/mol. The fourth-order valence-corrected chi connectivity index (χ4v) is 3.85. The summed E-state index contributed by atoms with van der Waals surface area (Å²) in [6, 6.07) is 0.856. The van der Waals surface area contributed by atoms with Crippen LogP contribution in [-0.4, -0.2) is 48.2 Å². The lowest BCUT2D eigenvalue weighted by molar-refractivity contribution is -0.0135. The van der Waals surface area contributed by atoms with E-state index in [-0.39, 0.29) is 0 Å². The molecule has 2 saturated heterocycles. The minimum atomic E-state index is 0.517. The van der Waals surface area contributed by atoms with Crippen LogP contribution in [0.5, 0.6) is 0 Å². The van der Waals surface area contributed by atoms with Crippen molar-refractivity contribution in [1.29, 1.82) is 0 Å². The summed E-state index contributed by atoms with van der Waals surface area (Å²) in [5.41, 5.74) is 0. The molecule has 0 spiro atoms. The molecule has 2 heterocycles. The van der Waals surface area contributed by atoms with Gasteiger partial charge in [0.25, 0.3) is 0 Å². The molecule has 2 nitrogen and oxygen atoms in total. The van der Waals surface area contributed by atoms with Gasteiger partial charge in [0, 0.05) is 19.2 Å². The van der Waals surface area contributed by atoms with Crippen molar-refractivity contribution in [1.82, 2.24) is 4.90 Å². The standard InChI is InChI=1S/C13H25NOS/c1-2-8-15-13-4-3-7-14(11-13)12-5-9-16-10-6-12/h12-13H,2-11H2,1H3. The third-order valence-corrected chi connectivity index (χ3v) is 4.72. The Balaban J connectivity index is 1.76. The van der Waals surface area contributed by atoms with Gasteiger partial charge in [0.05, 0.1) is 6.10 Å². The SMILES string of the molecule is CCCOC1CCCN(C2CCSCC2)C1. The van der Waals surface area contributed by atoms with E-state index in [1.165, 1.54) is 50.3 Å². The van der Waals surface area contributed by atoms with Crippen LogP contribution in [0, 0.1) is 0 Å². The number of likely N-dealkylation sites (tertiary alicyclic amines) is 1. The van der Waals surface area contributed by atoms with E-state index in [0.29, 0.717) is 6.10 Å². The largest absolute Gasteiger partial charge is 0.377 e. The predicted octanol–water partition coefficient (Wildman–Crippen LogP) is 2.77. The molecule has 2 aliphatic rings. The smallest absolute Gasteiger partial charge is 0.0702 e. The molecular weight excluding hydrogens is 218 g/mol. The number of piperidine rings is 1. The normalized spacial score (nSPS) is 29.4. The summed E-state index contributed by atoms with van der Waals surface area (Å²) in [7, 11) is 0. The molecule has 2 aliphatic heterocycles. The molecule has 16 heavy (non-hydrogen) atoms. The summed E-state index contributed by atoms with van der Waals surface area (Å²) in [6.45, 7) is 5.63. The van der Waals surface area contributed by atoms with Gasteiger partial charge in [-0.05, 0) is 50.2 Å². The number of thioether (sulfide) groups is 1. The van der Waals surface area contributed by atoms with E-state index in [9.17, 15) is 0 Å². The number of hydrogen-bond acceptors (Lipinski definition) is 3. The molecule has 0 aromatic rings. The quantitative estimate of drug-likeness (QED) is 0.753. The molecule has 0 N–H and O–H groups in total. The summed E-state index contributed by atoms with van der Waals surface area (Å²) in [5, 5.41) is 0. The zero-order chi connectivity index (χ0) is 11.2. The first-order chi connectivity index (χ1) is 7.90. The summed E-state index contributed by atoms with van der Waals surface area (Å²) >= 11 is 2.12.